The van der Waals surface area contributed by atoms with Gasteiger partial charge < -0.3 is 10.4 Å². The van der Waals surface area contributed by atoms with Gasteiger partial charge >= 0.3 is 0 Å². The predicted molar refractivity (Wildman–Crippen MR) is 109 cm³/mol. The summed E-state index contributed by atoms with van der Waals surface area (Å²) < 4.78 is 0. The third-order valence-electron chi connectivity index (χ3n) is 4.07. The standard InChI is InChI=1S/C22H18N4O/c27-20-12-6-16(7-13-20)15-23-21-14-22(26-25-21)24-19-10-8-18(9-11-19)17-4-2-1-3-5-17/h1-15,27H,(H2,24,25,26). The van der Waals surface area contributed by atoms with Gasteiger partial charge in [0.05, 0.1) is 0 Å². The molecule has 5 heteroatoms. The number of phenols is 1. The number of hydrogen-bond donors (Lipinski definition) is 3. The topological polar surface area (TPSA) is 73.3 Å². The SMILES string of the molecule is Oc1ccc(C=Nc2cc(Nc3ccc(-c4ccccc4)cc3)[nH]n2)cc1. The molecule has 132 valence electrons. The number of aromatic hydroxyl groups is 1. The van der Waals surface area contributed by atoms with E-state index in [9.17, 15) is 5.11 Å². The highest BCUT2D eigenvalue weighted by atomic mass is 16.3. The first-order chi connectivity index (χ1) is 13.3. The van der Waals surface area contributed by atoms with Gasteiger partial charge in [0.25, 0.3) is 0 Å². The minimum absolute atomic E-state index is 0.233. The van der Waals surface area contributed by atoms with E-state index >= 15 is 0 Å². The van der Waals surface area contributed by atoms with Crippen LogP contribution in [0.3, 0.4) is 0 Å². The largest absolute Gasteiger partial charge is 0.508 e. The molecule has 1 aromatic heterocycles. The summed E-state index contributed by atoms with van der Waals surface area (Å²) in [6.45, 7) is 0. The van der Waals surface area contributed by atoms with Gasteiger partial charge in [0, 0.05) is 18.0 Å². The molecule has 0 aliphatic carbocycles. The zero-order valence-electron chi connectivity index (χ0n) is 14.5. The van der Waals surface area contributed by atoms with Crippen LogP contribution < -0.4 is 5.32 Å². The molecule has 0 saturated heterocycles. The minimum atomic E-state index is 0.233. The lowest BCUT2D eigenvalue weighted by Gasteiger charge is -2.05. The van der Waals surface area contributed by atoms with E-state index < -0.39 is 0 Å². The third-order valence-corrected chi connectivity index (χ3v) is 4.07. The third kappa shape index (κ3) is 4.22. The van der Waals surface area contributed by atoms with E-state index in [-0.39, 0.29) is 5.75 Å². The molecular formula is C22H18N4O. The number of benzene rings is 3. The number of phenolic OH excluding ortho intramolecular Hbond substituents is 1. The van der Waals surface area contributed by atoms with Gasteiger partial charge in [0.1, 0.15) is 11.6 Å². The summed E-state index contributed by atoms with van der Waals surface area (Å²) in [4.78, 5) is 4.33. The van der Waals surface area contributed by atoms with E-state index in [1.54, 1.807) is 30.5 Å². The first-order valence-corrected chi connectivity index (χ1v) is 8.57. The van der Waals surface area contributed by atoms with Gasteiger partial charge in [0.2, 0.25) is 0 Å². The second-order valence-corrected chi connectivity index (χ2v) is 6.06. The Bertz CT molecular complexity index is 1040. The predicted octanol–water partition coefficient (Wildman–Crippen LogP) is 5.28. The number of aromatic nitrogens is 2. The van der Waals surface area contributed by atoms with Crippen LogP contribution in [-0.4, -0.2) is 21.5 Å². The molecule has 0 atom stereocenters. The van der Waals surface area contributed by atoms with Gasteiger partial charge in [-0.2, -0.15) is 5.10 Å². The van der Waals surface area contributed by atoms with E-state index in [0.29, 0.717) is 5.82 Å². The number of aliphatic imine (C=N–C) groups is 1. The summed E-state index contributed by atoms with van der Waals surface area (Å²) in [5.41, 5.74) is 4.22. The van der Waals surface area contributed by atoms with Gasteiger partial charge in [-0.1, -0.05) is 42.5 Å². The number of anilines is 2. The summed E-state index contributed by atoms with van der Waals surface area (Å²) in [6, 6.07) is 27.2. The Kier molecular flexibility index (Phi) is 4.66. The van der Waals surface area contributed by atoms with Crippen LogP contribution in [0.2, 0.25) is 0 Å². The number of nitrogens with zero attached hydrogens (tertiary/aromatic N) is 2. The van der Waals surface area contributed by atoms with Crippen LogP contribution >= 0.6 is 0 Å². The Labute approximate surface area is 157 Å². The van der Waals surface area contributed by atoms with Crippen LogP contribution in [0.25, 0.3) is 11.1 Å². The lowest BCUT2D eigenvalue weighted by atomic mass is 10.1. The highest BCUT2D eigenvalue weighted by molar-refractivity contribution is 5.82. The van der Waals surface area contributed by atoms with Gasteiger partial charge in [0.15, 0.2) is 5.82 Å². The van der Waals surface area contributed by atoms with E-state index in [4.69, 9.17) is 0 Å². The molecule has 0 bridgehead atoms. The van der Waals surface area contributed by atoms with E-state index in [1.165, 1.54) is 11.1 Å². The Morgan fingerprint density at radius 1 is 0.852 bits per heavy atom. The van der Waals surface area contributed by atoms with Crippen molar-refractivity contribution in [2.75, 3.05) is 5.32 Å². The molecule has 1 heterocycles. The first kappa shape index (κ1) is 16.6. The molecule has 5 nitrogen and oxygen atoms in total. The fourth-order valence-electron chi connectivity index (χ4n) is 2.67. The summed E-state index contributed by atoms with van der Waals surface area (Å²) >= 11 is 0. The summed E-state index contributed by atoms with van der Waals surface area (Å²) in [5, 5.41) is 19.7. The molecule has 0 spiro atoms. The number of H-pyrrole nitrogens is 1. The van der Waals surface area contributed by atoms with Gasteiger partial charge in [-0.25, -0.2) is 4.99 Å². The Hall–Kier alpha value is -3.86. The van der Waals surface area contributed by atoms with Crippen molar-refractivity contribution in [1.82, 2.24) is 10.2 Å². The Morgan fingerprint density at radius 2 is 1.56 bits per heavy atom. The van der Waals surface area contributed by atoms with Gasteiger partial charge in [-0.15, -0.1) is 0 Å². The molecule has 3 N–H and O–H groups in total. The average Bonchev–Trinajstić information content (AvgIpc) is 3.16. The van der Waals surface area contributed by atoms with Crippen LogP contribution in [0.15, 0.2) is 89.9 Å². The molecule has 0 unspecified atom stereocenters. The van der Waals surface area contributed by atoms with Crippen molar-refractivity contribution < 1.29 is 5.11 Å². The quantitative estimate of drug-likeness (QED) is 0.427. The molecule has 4 rings (SSSR count). The van der Waals surface area contributed by atoms with Crippen molar-refractivity contribution in [2.45, 2.75) is 0 Å². The van der Waals surface area contributed by atoms with Crippen LogP contribution in [0, 0.1) is 0 Å². The minimum Gasteiger partial charge on any atom is -0.508 e. The molecule has 0 radical (unpaired) electrons. The molecular weight excluding hydrogens is 336 g/mol. The van der Waals surface area contributed by atoms with Crippen molar-refractivity contribution in [3.63, 3.8) is 0 Å². The van der Waals surface area contributed by atoms with E-state index in [2.05, 4.69) is 44.8 Å². The molecule has 4 aromatic rings. The van der Waals surface area contributed by atoms with Gasteiger partial charge in [-0.3, -0.25) is 5.10 Å². The van der Waals surface area contributed by atoms with Crippen molar-refractivity contribution in [3.05, 3.63) is 90.5 Å². The lowest BCUT2D eigenvalue weighted by molar-refractivity contribution is 0.475. The molecule has 27 heavy (non-hydrogen) atoms. The zero-order chi connectivity index (χ0) is 18.5. The molecule has 0 saturated carbocycles. The zero-order valence-corrected chi connectivity index (χ0v) is 14.5. The van der Waals surface area contributed by atoms with Crippen LogP contribution in [0.4, 0.5) is 17.3 Å². The second kappa shape index (κ2) is 7.58. The number of aromatic amines is 1. The molecule has 0 aliphatic heterocycles. The number of rotatable bonds is 5. The smallest absolute Gasteiger partial charge is 0.175 e. The second-order valence-electron chi connectivity index (χ2n) is 6.06. The normalized spacial score (nSPS) is 11.0. The Balaban J connectivity index is 1.42. The fourth-order valence-corrected chi connectivity index (χ4v) is 2.67. The monoisotopic (exact) mass is 354 g/mol. The summed E-state index contributed by atoms with van der Waals surface area (Å²) in [5.74, 6) is 1.57. The highest BCUT2D eigenvalue weighted by Crippen LogP contribution is 2.23. The summed E-state index contributed by atoms with van der Waals surface area (Å²) in [6.07, 6.45) is 1.70. The van der Waals surface area contributed by atoms with E-state index in [1.807, 2.05) is 36.4 Å². The van der Waals surface area contributed by atoms with Crippen LogP contribution in [-0.2, 0) is 0 Å². The lowest BCUT2D eigenvalue weighted by Crippen LogP contribution is -1.90. The number of nitrogens with one attached hydrogen (secondary N) is 2. The summed E-state index contributed by atoms with van der Waals surface area (Å²) in [7, 11) is 0. The average molecular weight is 354 g/mol. The van der Waals surface area contributed by atoms with E-state index in [0.717, 1.165) is 17.1 Å². The van der Waals surface area contributed by atoms with Crippen LogP contribution in [0.5, 0.6) is 5.75 Å². The first-order valence-electron chi connectivity index (χ1n) is 8.57. The maximum absolute atomic E-state index is 9.30. The van der Waals surface area contributed by atoms with Crippen LogP contribution in [0.1, 0.15) is 5.56 Å². The van der Waals surface area contributed by atoms with Gasteiger partial charge in [-0.05, 0) is 53.1 Å². The molecule has 3 aromatic carbocycles. The number of hydrogen-bond acceptors (Lipinski definition) is 4. The molecule has 0 aliphatic rings. The fraction of sp³-hybridized carbons (Fsp3) is 0. The molecule has 0 fully saturated rings. The Morgan fingerprint density at radius 3 is 2.30 bits per heavy atom. The van der Waals surface area contributed by atoms with Crippen molar-refractivity contribution >= 4 is 23.5 Å². The highest BCUT2D eigenvalue weighted by Gasteiger charge is 2.01. The van der Waals surface area contributed by atoms with Crippen molar-refractivity contribution in [1.29, 1.82) is 0 Å². The van der Waals surface area contributed by atoms with Crippen molar-refractivity contribution in [3.8, 4) is 16.9 Å². The maximum atomic E-state index is 9.30. The molecule has 0 amide bonds. The van der Waals surface area contributed by atoms with Crippen molar-refractivity contribution in [2.24, 2.45) is 4.99 Å². The maximum Gasteiger partial charge on any atom is 0.175 e.